The van der Waals surface area contributed by atoms with Crippen molar-refractivity contribution in [2.45, 2.75) is 45.6 Å². The summed E-state index contributed by atoms with van der Waals surface area (Å²) in [5.74, 6) is -0.146. The van der Waals surface area contributed by atoms with Crippen LogP contribution in [0.5, 0.6) is 0 Å². The van der Waals surface area contributed by atoms with Crippen molar-refractivity contribution in [2.75, 3.05) is 19.8 Å². The summed E-state index contributed by atoms with van der Waals surface area (Å²) in [6, 6.07) is 0.165. The minimum absolute atomic E-state index is 0.146. The Kier molecular flexibility index (Phi) is 9.52. The van der Waals surface area contributed by atoms with Crippen LogP contribution in [0.25, 0.3) is 0 Å². The molecule has 0 bridgehead atoms. The van der Waals surface area contributed by atoms with Gasteiger partial charge in [0.15, 0.2) is 0 Å². The standard InChI is InChI=1S/C11H23NO3/c1-3-15-11(14)9-10(2)12-7-5-4-6-8-13/h10,12-13H,3-9H2,1-2H3. The van der Waals surface area contributed by atoms with Crippen LogP contribution in [-0.2, 0) is 9.53 Å². The Labute approximate surface area is 92.0 Å². The van der Waals surface area contributed by atoms with Gasteiger partial charge in [0, 0.05) is 12.6 Å². The maximum absolute atomic E-state index is 11.1. The van der Waals surface area contributed by atoms with E-state index < -0.39 is 0 Å². The third-order valence-corrected chi connectivity index (χ3v) is 2.11. The third-order valence-electron chi connectivity index (χ3n) is 2.11. The van der Waals surface area contributed by atoms with Crippen LogP contribution in [0.1, 0.15) is 39.5 Å². The number of unbranched alkanes of at least 4 members (excludes halogenated alkanes) is 2. The molecule has 0 saturated carbocycles. The Morgan fingerprint density at radius 1 is 1.40 bits per heavy atom. The molecule has 0 aromatic carbocycles. The summed E-state index contributed by atoms with van der Waals surface area (Å²) in [5, 5.41) is 11.8. The lowest BCUT2D eigenvalue weighted by atomic mass is 10.2. The van der Waals surface area contributed by atoms with Crippen LogP contribution in [0, 0.1) is 0 Å². The highest BCUT2D eigenvalue weighted by Crippen LogP contribution is 1.96. The molecule has 90 valence electrons. The molecule has 0 heterocycles. The minimum atomic E-state index is -0.146. The first-order valence-corrected chi connectivity index (χ1v) is 5.70. The van der Waals surface area contributed by atoms with Crippen molar-refractivity contribution >= 4 is 5.97 Å². The zero-order valence-electron chi connectivity index (χ0n) is 9.79. The second-order valence-corrected chi connectivity index (χ2v) is 3.65. The molecule has 0 rings (SSSR count). The molecule has 15 heavy (non-hydrogen) atoms. The van der Waals surface area contributed by atoms with Gasteiger partial charge < -0.3 is 15.2 Å². The fraction of sp³-hybridized carbons (Fsp3) is 0.909. The number of nitrogens with one attached hydrogen (secondary N) is 1. The Morgan fingerprint density at radius 3 is 2.73 bits per heavy atom. The number of ether oxygens (including phenoxy) is 1. The molecular formula is C11H23NO3. The number of hydrogen-bond donors (Lipinski definition) is 2. The van der Waals surface area contributed by atoms with Crippen LogP contribution in [0.2, 0.25) is 0 Å². The highest BCUT2D eigenvalue weighted by Gasteiger charge is 2.08. The molecule has 0 amide bonds. The predicted octanol–water partition coefficient (Wildman–Crippen LogP) is 1.08. The summed E-state index contributed by atoms with van der Waals surface area (Å²) in [5.41, 5.74) is 0. The number of rotatable bonds is 9. The van der Waals surface area contributed by atoms with Gasteiger partial charge in [-0.05, 0) is 39.7 Å². The molecule has 0 saturated heterocycles. The van der Waals surface area contributed by atoms with Gasteiger partial charge in [-0.25, -0.2) is 0 Å². The van der Waals surface area contributed by atoms with Gasteiger partial charge in [0.05, 0.1) is 13.0 Å². The van der Waals surface area contributed by atoms with E-state index in [1.165, 1.54) is 0 Å². The number of carbonyl (C=O) groups excluding carboxylic acids is 1. The summed E-state index contributed by atoms with van der Waals surface area (Å²) in [4.78, 5) is 11.1. The monoisotopic (exact) mass is 217 g/mol. The zero-order valence-corrected chi connectivity index (χ0v) is 9.79. The fourth-order valence-electron chi connectivity index (χ4n) is 1.30. The molecule has 4 heteroatoms. The van der Waals surface area contributed by atoms with Gasteiger partial charge in [0.2, 0.25) is 0 Å². The van der Waals surface area contributed by atoms with Crippen LogP contribution >= 0.6 is 0 Å². The summed E-state index contributed by atoms with van der Waals surface area (Å²) in [6.45, 7) is 5.38. The van der Waals surface area contributed by atoms with Crippen LogP contribution in [0.15, 0.2) is 0 Å². The number of aliphatic hydroxyl groups is 1. The molecule has 0 aliphatic carbocycles. The van der Waals surface area contributed by atoms with Crippen molar-refractivity contribution < 1.29 is 14.6 Å². The summed E-state index contributed by atoms with van der Waals surface area (Å²) < 4.78 is 4.85. The highest BCUT2D eigenvalue weighted by atomic mass is 16.5. The molecule has 0 spiro atoms. The normalized spacial score (nSPS) is 12.5. The lowest BCUT2D eigenvalue weighted by Gasteiger charge is -2.12. The second kappa shape index (κ2) is 9.93. The first-order chi connectivity index (χ1) is 7.20. The van der Waals surface area contributed by atoms with Gasteiger partial charge in [0.25, 0.3) is 0 Å². The SMILES string of the molecule is CCOC(=O)CC(C)NCCCCCO. The molecule has 0 radical (unpaired) electrons. The summed E-state index contributed by atoms with van der Waals surface area (Å²) in [7, 11) is 0. The van der Waals surface area contributed by atoms with Crippen molar-refractivity contribution in [1.29, 1.82) is 0 Å². The number of esters is 1. The molecule has 4 nitrogen and oxygen atoms in total. The van der Waals surface area contributed by atoms with Gasteiger partial charge in [0.1, 0.15) is 0 Å². The fourth-order valence-corrected chi connectivity index (χ4v) is 1.30. The van der Waals surface area contributed by atoms with Crippen LogP contribution in [0.3, 0.4) is 0 Å². The summed E-state index contributed by atoms with van der Waals surface area (Å²) in [6.07, 6.45) is 3.34. The first-order valence-electron chi connectivity index (χ1n) is 5.70. The maximum atomic E-state index is 11.1. The van der Waals surface area contributed by atoms with E-state index >= 15 is 0 Å². The van der Waals surface area contributed by atoms with Crippen LogP contribution in [-0.4, -0.2) is 36.9 Å². The van der Waals surface area contributed by atoms with E-state index in [1.54, 1.807) is 0 Å². The highest BCUT2D eigenvalue weighted by molar-refractivity contribution is 5.69. The van der Waals surface area contributed by atoms with Gasteiger partial charge in [-0.2, -0.15) is 0 Å². The average Bonchev–Trinajstić information content (AvgIpc) is 2.17. The van der Waals surface area contributed by atoms with Gasteiger partial charge in [-0.1, -0.05) is 0 Å². The molecule has 0 aromatic rings. The van der Waals surface area contributed by atoms with E-state index in [0.717, 1.165) is 25.8 Å². The van der Waals surface area contributed by atoms with E-state index in [-0.39, 0.29) is 18.6 Å². The van der Waals surface area contributed by atoms with Crippen molar-refractivity contribution in [1.82, 2.24) is 5.32 Å². The molecule has 1 atom stereocenters. The van der Waals surface area contributed by atoms with E-state index in [0.29, 0.717) is 13.0 Å². The van der Waals surface area contributed by atoms with Crippen molar-refractivity contribution in [3.63, 3.8) is 0 Å². The van der Waals surface area contributed by atoms with Gasteiger partial charge in [-0.3, -0.25) is 4.79 Å². The zero-order chi connectivity index (χ0) is 11.5. The molecule has 0 aromatic heterocycles. The lowest BCUT2D eigenvalue weighted by Crippen LogP contribution is -2.30. The van der Waals surface area contributed by atoms with E-state index in [1.807, 2.05) is 13.8 Å². The average molecular weight is 217 g/mol. The van der Waals surface area contributed by atoms with Gasteiger partial charge >= 0.3 is 5.97 Å². The quantitative estimate of drug-likeness (QED) is 0.448. The Balaban J connectivity index is 3.32. The lowest BCUT2D eigenvalue weighted by molar-refractivity contribution is -0.143. The van der Waals surface area contributed by atoms with Crippen molar-refractivity contribution in [2.24, 2.45) is 0 Å². The van der Waals surface area contributed by atoms with Crippen molar-refractivity contribution in [3.05, 3.63) is 0 Å². The molecule has 1 unspecified atom stereocenters. The van der Waals surface area contributed by atoms with Crippen LogP contribution in [0.4, 0.5) is 0 Å². The van der Waals surface area contributed by atoms with E-state index in [9.17, 15) is 4.79 Å². The number of hydrogen-bond acceptors (Lipinski definition) is 4. The molecule has 0 fully saturated rings. The molecular weight excluding hydrogens is 194 g/mol. The minimum Gasteiger partial charge on any atom is -0.466 e. The van der Waals surface area contributed by atoms with Gasteiger partial charge in [-0.15, -0.1) is 0 Å². The smallest absolute Gasteiger partial charge is 0.307 e. The molecule has 0 aliphatic rings. The second-order valence-electron chi connectivity index (χ2n) is 3.65. The Morgan fingerprint density at radius 2 is 2.13 bits per heavy atom. The first kappa shape index (κ1) is 14.4. The maximum Gasteiger partial charge on any atom is 0.307 e. The molecule has 0 aliphatic heterocycles. The van der Waals surface area contributed by atoms with E-state index in [2.05, 4.69) is 5.32 Å². The number of carbonyl (C=O) groups is 1. The Bertz CT molecular complexity index is 162. The largest absolute Gasteiger partial charge is 0.466 e. The topological polar surface area (TPSA) is 58.6 Å². The molecule has 2 N–H and O–H groups in total. The van der Waals surface area contributed by atoms with Crippen LogP contribution < -0.4 is 5.32 Å². The number of aliphatic hydroxyl groups excluding tert-OH is 1. The van der Waals surface area contributed by atoms with E-state index in [4.69, 9.17) is 9.84 Å². The predicted molar refractivity (Wildman–Crippen MR) is 59.7 cm³/mol. The summed E-state index contributed by atoms with van der Waals surface area (Å²) >= 11 is 0. The third kappa shape index (κ3) is 9.69. The Hall–Kier alpha value is -0.610. The van der Waals surface area contributed by atoms with Crippen molar-refractivity contribution in [3.8, 4) is 0 Å².